The van der Waals surface area contributed by atoms with Gasteiger partial charge in [0.25, 0.3) is 0 Å². The summed E-state index contributed by atoms with van der Waals surface area (Å²) < 4.78 is 16.7. The Morgan fingerprint density at radius 2 is 0.623 bits per heavy atom. The lowest BCUT2D eigenvalue weighted by Gasteiger charge is -2.18. The third kappa shape index (κ3) is 54.6. The van der Waals surface area contributed by atoms with Gasteiger partial charge in [0, 0.05) is 12.8 Å². The molecule has 0 amide bonds. The molecule has 0 N–H and O–H groups in total. The summed E-state index contributed by atoms with van der Waals surface area (Å²) in [6.07, 6.45) is 77.8. The van der Waals surface area contributed by atoms with Gasteiger partial charge in [-0.25, -0.2) is 0 Å². The van der Waals surface area contributed by atoms with Gasteiger partial charge in [0.1, 0.15) is 13.2 Å². The summed E-state index contributed by atoms with van der Waals surface area (Å²) in [5, 5.41) is 0. The van der Waals surface area contributed by atoms with Gasteiger partial charge in [0.15, 0.2) is 6.10 Å². The van der Waals surface area contributed by atoms with Crippen LogP contribution >= 0.6 is 0 Å². The fourth-order valence-electron chi connectivity index (χ4n) is 7.32. The molecule has 0 fully saturated rings. The first-order valence-electron chi connectivity index (χ1n) is 28.0. The van der Waals surface area contributed by atoms with Crippen LogP contribution in [0.15, 0.2) is 122 Å². The number of hydrogen-bond donors (Lipinski definition) is 0. The number of ether oxygens (including phenoxy) is 3. The second-order valence-corrected chi connectivity index (χ2v) is 18.1. The first-order chi connectivity index (χ1) is 34.0. The predicted octanol–water partition coefficient (Wildman–Crippen LogP) is 18.9. The summed E-state index contributed by atoms with van der Waals surface area (Å²) in [5.74, 6) is -1.07. The van der Waals surface area contributed by atoms with E-state index in [-0.39, 0.29) is 31.6 Å². The van der Waals surface area contributed by atoms with E-state index in [9.17, 15) is 14.4 Å². The molecule has 0 radical (unpaired) electrons. The van der Waals surface area contributed by atoms with Crippen molar-refractivity contribution >= 4 is 17.9 Å². The van der Waals surface area contributed by atoms with Crippen LogP contribution in [0.4, 0.5) is 0 Å². The van der Waals surface area contributed by atoms with Gasteiger partial charge in [-0.05, 0) is 109 Å². The van der Waals surface area contributed by atoms with Crippen LogP contribution in [0, 0.1) is 0 Å². The Morgan fingerprint density at radius 1 is 0.319 bits per heavy atom. The standard InChI is InChI=1S/C63H102O6/c1-4-7-10-13-16-19-22-25-28-30-31-33-35-38-41-44-47-50-53-56-62(65)68-59-60(58-67-61(64)55-52-49-46-43-40-37-34-27-24-21-18-15-12-9-6-3)69-63(66)57-54-51-48-45-42-39-36-32-29-26-23-20-17-14-11-8-5-2/h8-9,11-12,16-21,25-29,34,40,43,49,52,60H,4-7,10,13-15,22-24,30-33,35-39,41-42,44-48,50-51,53-59H2,1-3H3/b11-8-,12-9-,19-16-,20-17-,21-18-,28-25-,29-26-,34-27-,43-40-,52-49-. The topological polar surface area (TPSA) is 78.9 Å². The summed E-state index contributed by atoms with van der Waals surface area (Å²) in [6, 6.07) is 0. The van der Waals surface area contributed by atoms with E-state index in [1.807, 2.05) is 6.08 Å². The SMILES string of the molecule is CC/C=C\C/C=C\C/C=C\C/C=C\C/C=C\CC(=O)OCC(COC(=O)CCCCCCCCCCC/C=C\C/C=C\CCCCC)OC(=O)CCCCCCCCC/C=C\C/C=C\C/C=C\CC. The minimum atomic E-state index is -0.829. The van der Waals surface area contributed by atoms with Crippen molar-refractivity contribution in [2.24, 2.45) is 0 Å². The summed E-state index contributed by atoms with van der Waals surface area (Å²) >= 11 is 0. The first kappa shape index (κ1) is 64.8. The summed E-state index contributed by atoms with van der Waals surface area (Å²) in [4.78, 5) is 38.1. The highest BCUT2D eigenvalue weighted by Gasteiger charge is 2.19. The zero-order valence-corrected chi connectivity index (χ0v) is 44.5. The molecule has 0 saturated carbocycles. The van der Waals surface area contributed by atoms with Crippen molar-refractivity contribution in [1.82, 2.24) is 0 Å². The normalized spacial score (nSPS) is 13.0. The molecular weight excluding hydrogens is 853 g/mol. The monoisotopic (exact) mass is 955 g/mol. The number of hydrogen-bond acceptors (Lipinski definition) is 6. The van der Waals surface area contributed by atoms with Crippen LogP contribution in [0.1, 0.15) is 239 Å². The van der Waals surface area contributed by atoms with E-state index < -0.39 is 12.1 Å². The Labute approximate surface area is 424 Å². The van der Waals surface area contributed by atoms with Crippen molar-refractivity contribution < 1.29 is 28.6 Å². The van der Waals surface area contributed by atoms with Crippen LogP contribution in [0.25, 0.3) is 0 Å². The minimum Gasteiger partial charge on any atom is -0.462 e. The van der Waals surface area contributed by atoms with Gasteiger partial charge in [-0.2, -0.15) is 0 Å². The molecule has 0 aromatic carbocycles. The van der Waals surface area contributed by atoms with Gasteiger partial charge < -0.3 is 14.2 Å². The van der Waals surface area contributed by atoms with Gasteiger partial charge in [0.2, 0.25) is 0 Å². The molecule has 0 aliphatic rings. The second kappa shape index (κ2) is 56.4. The average molecular weight is 956 g/mol. The van der Waals surface area contributed by atoms with E-state index >= 15 is 0 Å². The van der Waals surface area contributed by atoms with E-state index in [0.29, 0.717) is 12.8 Å². The molecule has 0 aliphatic heterocycles. The van der Waals surface area contributed by atoms with Crippen molar-refractivity contribution in [3.05, 3.63) is 122 Å². The molecule has 0 aromatic heterocycles. The zero-order chi connectivity index (χ0) is 50.0. The number of carbonyl (C=O) groups excluding carboxylic acids is 3. The van der Waals surface area contributed by atoms with Gasteiger partial charge >= 0.3 is 17.9 Å². The molecule has 0 rings (SSSR count). The minimum absolute atomic E-state index is 0.117. The number of unbranched alkanes of at least 4 members (excludes halogenated alkanes) is 19. The molecule has 0 aliphatic carbocycles. The molecular formula is C63H102O6. The molecule has 1 unspecified atom stereocenters. The molecule has 6 nitrogen and oxygen atoms in total. The number of carbonyl (C=O) groups is 3. The molecule has 0 heterocycles. The third-order valence-electron chi connectivity index (χ3n) is 11.5. The van der Waals surface area contributed by atoms with Crippen LogP contribution < -0.4 is 0 Å². The van der Waals surface area contributed by atoms with E-state index in [1.165, 1.54) is 89.9 Å². The Hall–Kier alpha value is -4.19. The molecule has 0 aromatic rings. The van der Waals surface area contributed by atoms with Crippen molar-refractivity contribution in [3.63, 3.8) is 0 Å². The fourth-order valence-corrected chi connectivity index (χ4v) is 7.32. The molecule has 390 valence electrons. The van der Waals surface area contributed by atoms with Crippen molar-refractivity contribution in [1.29, 1.82) is 0 Å². The third-order valence-corrected chi connectivity index (χ3v) is 11.5. The van der Waals surface area contributed by atoms with Crippen LogP contribution in [0.3, 0.4) is 0 Å². The van der Waals surface area contributed by atoms with Crippen LogP contribution in [-0.2, 0) is 28.6 Å². The highest BCUT2D eigenvalue weighted by molar-refractivity contribution is 5.72. The molecule has 69 heavy (non-hydrogen) atoms. The zero-order valence-electron chi connectivity index (χ0n) is 44.5. The maximum Gasteiger partial charge on any atom is 0.309 e. The Bertz CT molecular complexity index is 1470. The maximum absolute atomic E-state index is 12.8. The number of allylic oxidation sites excluding steroid dienone is 19. The molecule has 0 bridgehead atoms. The largest absolute Gasteiger partial charge is 0.462 e. The van der Waals surface area contributed by atoms with Crippen LogP contribution in [-0.4, -0.2) is 37.2 Å². The lowest BCUT2D eigenvalue weighted by atomic mass is 10.1. The maximum atomic E-state index is 12.8. The Kier molecular flexibility index (Phi) is 53.0. The first-order valence-corrected chi connectivity index (χ1v) is 28.0. The summed E-state index contributed by atoms with van der Waals surface area (Å²) in [5.41, 5.74) is 0. The molecule has 0 saturated heterocycles. The van der Waals surface area contributed by atoms with Gasteiger partial charge in [0.05, 0.1) is 6.42 Å². The highest BCUT2D eigenvalue weighted by atomic mass is 16.6. The van der Waals surface area contributed by atoms with Gasteiger partial charge in [-0.15, -0.1) is 0 Å². The van der Waals surface area contributed by atoms with Crippen LogP contribution in [0.5, 0.6) is 0 Å². The Balaban J connectivity index is 4.51. The highest BCUT2D eigenvalue weighted by Crippen LogP contribution is 2.14. The lowest BCUT2D eigenvalue weighted by Crippen LogP contribution is -2.30. The van der Waals surface area contributed by atoms with E-state index in [1.54, 1.807) is 6.08 Å². The van der Waals surface area contributed by atoms with Gasteiger partial charge in [-0.1, -0.05) is 232 Å². The quantitative estimate of drug-likeness (QED) is 0.0262. The summed E-state index contributed by atoms with van der Waals surface area (Å²) in [6.45, 7) is 6.29. The molecule has 0 spiro atoms. The smallest absolute Gasteiger partial charge is 0.309 e. The van der Waals surface area contributed by atoms with E-state index in [0.717, 1.165) is 109 Å². The molecule has 6 heteroatoms. The number of esters is 3. The number of rotatable bonds is 49. The van der Waals surface area contributed by atoms with E-state index in [4.69, 9.17) is 14.2 Å². The van der Waals surface area contributed by atoms with Gasteiger partial charge in [-0.3, -0.25) is 14.4 Å². The Morgan fingerprint density at radius 3 is 1.01 bits per heavy atom. The predicted molar refractivity (Wildman–Crippen MR) is 297 cm³/mol. The van der Waals surface area contributed by atoms with Crippen LogP contribution in [0.2, 0.25) is 0 Å². The van der Waals surface area contributed by atoms with Crippen molar-refractivity contribution in [2.45, 2.75) is 245 Å². The lowest BCUT2D eigenvalue weighted by molar-refractivity contribution is -0.166. The molecule has 1 atom stereocenters. The van der Waals surface area contributed by atoms with Crippen molar-refractivity contribution in [2.75, 3.05) is 13.2 Å². The fraction of sp³-hybridized carbons (Fsp3) is 0.635. The summed E-state index contributed by atoms with van der Waals surface area (Å²) in [7, 11) is 0. The van der Waals surface area contributed by atoms with E-state index in [2.05, 4.69) is 130 Å². The van der Waals surface area contributed by atoms with Crippen molar-refractivity contribution in [3.8, 4) is 0 Å². The average Bonchev–Trinajstić information content (AvgIpc) is 3.35. The second-order valence-electron chi connectivity index (χ2n) is 18.1.